The molecular formula is C20H28N6O2. The van der Waals surface area contributed by atoms with Gasteiger partial charge in [-0.1, -0.05) is 30.3 Å². The van der Waals surface area contributed by atoms with E-state index in [9.17, 15) is 9.59 Å². The van der Waals surface area contributed by atoms with Crippen molar-refractivity contribution in [3.8, 4) is 11.4 Å². The average Bonchev–Trinajstić information content (AvgIpc) is 3.17. The van der Waals surface area contributed by atoms with Crippen molar-refractivity contribution in [1.29, 1.82) is 0 Å². The summed E-state index contributed by atoms with van der Waals surface area (Å²) in [5.74, 6) is 0.843. The van der Waals surface area contributed by atoms with Crippen LogP contribution in [-0.4, -0.2) is 56.1 Å². The molecule has 2 heterocycles. The predicted molar refractivity (Wildman–Crippen MR) is 105 cm³/mol. The smallest absolute Gasteiger partial charge is 0.223 e. The molecule has 0 radical (unpaired) electrons. The summed E-state index contributed by atoms with van der Waals surface area (Å²) < 4.78 is 0. The first-order valence-electron chi connectivity index (χ1n) is 9.94. The highest BCUT2D eigenvalue weighted by molar-refractivity contribution is 5.80. The molecule has 0 bridgehead atoms. The number of likely N-dealkylation sites (tertiary alicyclic amines) is 1. The molecule has 1 aromatic carbocycles. The van der Waals surface area contributed by atoms with Crippen molar-refractivity contribution >= 4 is 11.8 Å². The topological polar surface area (TPSA) is 93.0 Å². The Kier molecular flexibility index (Phi) is 6.73. The number of carbonyl (C=O) groups excluding carboxylic acids is 2. The van der Waals surface area contributed by atoms with Crippen LogP contribution in [0.4, 0.5) is 0 Å². The van der Waals surface area contributed by atoms with E-state index in [2.05, 4.69) is 20.7 Å². The highest BCUT2D eigenvalue weighted by Crippen LogP contribution is 2.19. The average molecular weight is 384 g/mol. The fourth-order valence-electron chi connectivity index (χ4n) is 3.36. The maximum absolute atomic E-state index is 12.4. The Hall–Kier alpha value is -2.77. The third-order valence-corrected chi connectivity index (χ3v) is 4.88. The summed E-state index contributed by atoms with van der Waals surface area (Å²) in [4.78, 5) is 27.9. The van der Waals surface area contributed by atoms with Crippen LogP contribution in [0.1, 0.15) is 39.5 Å². The number of nitrogens with zero attached hydrogens (tertiary/aromatic N) is 5. The number of amides is 2. The van der Waals surface area contributed by atoms with Crippen molar-refractivity contribution in [3.63, 3.8) is 0 Å². The number of benzene rings is 1. The normalized spacial score (nSPS) is 15.0. The van der Waals surface area contributed by atoms with Crippen LogP contribution in [0, 0.1) is 5.92 Å². The second kappa shape index (κ2) is 9.43. The van der Waals surface area contributed by atoms with E-state index in [4.69, 9.17) is 0 Å². The van der Waals surface area contributed by atoms with E-state index in [-0.39, 0.29) is 23.8 Å². The van der Waals surface area contributed by atoms with Crippen LogP contribution in [-0.2, 0) is 16.1 Å². The van der Waals surface area contributed by atoms with E-state index in [1.807, 2.05) is 49.1 Å². The maximum atomic E-state index is 12.4. The van der Waals surface area contributed by atoms with Gasteiger partial charge in [-0.15, -0.1) is 10.2 Å². The molecular weight excluding hydrogens is 356 g/mol. The van der Waals surface area contributed by atoms with Crippen LogP contribution in [0.5, 0.6) is 0 Å². The van der Waals surface area contributed by atoms with Gasteiger partial charge in [0, 0.05) is 37.0 Å². The fraction of sp³-hybridized carbons (Fsp3) is 0.550. The molecule has 150 valence electrons. The molecule has 2 aromatic rings. The third kappa shape index (κ3) is 5.37. The monoisotopic (exact) mass is 384 g/mol. The van der Waals surface area contributed by atoms with Gasteiger partial charge in [-0.25, -0.2) is 0 Å². The minimum atomic E-state index is 0.0159. The highest BCUT2D eigenvalue weighted by Gasteiger charge is 2.27. The van der Waals surface area contributed by atoms with Crippen LogP contribution in [0.2, 0.25) is 0 Å². The molecule has 0 unspecified atom stereocenters. The Labute approximate surface area is 165 Å². The SMILES string of the molecule is CC(C)NC(=O)C1CCN(C(=O)CCCn2nnc(-c3ccccc3)n2)CC1. The first-order valence-corrected chi connectivity index (χ1v) is 9.94. The number of hydrogen-bond acceptors (Lipinski definition) is 5. The van der Waals surface area contributed by atoms with Gasteiger partial charge >= 0.3 is 0 Å². The fourth-order valence-corrected chi connectivity index (χ4v) is 3.36. The maximum Gasteiger partial charge on any atom is 0.223 e. The van der Waals surface area contributed by atoms with Gasteiger partial charge in [0.25, 0.3) is 0 Å². The molecule has 1 N–H and O–H groups in total. The van der Waals surface area contributed by atoms with E-state index in [0.29, 0.717) is 38.3 Å². The molecule has 28 heavy (non-hydrogen) atoms. The van der Waals surface area contributed by atoms with Gasteiger partial charge in [0.15, 0.2) is 0 Å². The second-order valence-electron chi connectivity index (χ2n) is 7.50. The summed E-state index contributed by atoms with van der Waals surface area (Å²) in [7, 11) is 0. The van der Waals surface area contributed by atoms with Crippen molar-refractivity contribution < 1.29 is 9.59 Å². The van der Waals surface area contributed by atoms with Crippen LogP contribution >= 0.6 is 0 Å². The van der Waals surface area contributed by atoms with Crippen molar-refractivity contribution in [2.45, 2.75) is 52.1 Å². The Balaban J connectivity index is 1.40. The first kappa shape index (κ1) is 20.0. The van der Waals surface area contributed by atoms with Gasteiger partial charge in [0.05, 0.1) is 6.54 Å². The molecule has 2 amide bonds. The lowest BCUT2D eigenvalue weighted by Crippen LogP contribution is -2.44. The van der Waals surface area contributed by atoms with E-state index in [0.717, 1.165) is 18.4 Å². The lowest BCUT2D eigenvalue weighted by atomic mass is 9.95. The number of tetrazole rings is 1. The lowest BCUT2D eigenvalue weighted by Gasteiger charge is -2.31. The molecule has 0 spiro atoms. The van der Waals surface area contributed by atoms with E-state index in [1.165, 1.54) is 4.80 Å². The molecule has 0 atom stereocenters. The molecule has 1 saturated heterocycles. The van der Waals surface area contributed by atoms with Crippen LogP contribution in [0.25, 0.3) is 11.4 Å². The molecule has 8 heteroatoms. The van der Waals surface area contributed by atoms with E-state index < -0.39 is 0 Å². The highest BCUT2D eigenvalue weighted by atomic mass is 16.2. The minimum absolute atomic E-state index is 0.0159. The van der Waals surface area contributed by atoms with Gasteiger partial charge in [-0.3, -0.25) is 9.59 Å². The van der Waals surface area contributed by atoms with Gasteiger partial charge in [0.2, 0.25) is 17.6 Å². The number of carbonyl (C=O) groups is 2. The van der Waals surface area contributed by atoms with Crippen molar-refractivity contribution in [3.05, 3.63) is 30.3 Å². The van der Waals surface area contributed by atoms with Crippen LogP contribution < -0.4 is 5.32 Å². The summed E-state index contributed by atoms with van der Waals surface area (Å²) in [5.41, 5.74) is 0.925. The zero-order valence-corrected chi connectivity index (χ0v) is 16.5. The summed E-state index contributed by atoms with van der Waals surface area (Å²) >= 11 is 0. The number of piperidine rings is 1. The van der Waals surface area contributed by atoms with Crippen molar-refractivity contribution in [2.75, 3.05) is 13.1 Å². The molecule has 8 nitrogen and oxygen atoms in total. The van der Waals surface area contributed by atoms with Crippen molar-refractivity contribution in [2.24, 2.45) is 5.92 Å². The molecule has 1 aliphatic rings. The number of aromatic nitrogens is 4. The Morgan fingerprint density at radius 1 is 1.18 bits per heavy atom. The largest absolute Gasteiger partial charge is 0.354 e. The quantitative estimate of drug-likeness (QED) is 0.787. The molecule has 3 rings (SSSR count). The predicted octanol–water partition coefficient (Wildman–Crippen LogP) is 1.88. The molecule has 1 aliphatic heterocycles. The Morgan fingerprint density at radius 2 is 1.89 bits per heavy atom. The summed E-state index contributed by atoms with van der Waals surface area (Å²) in [6.45, 7) is 5.77. The van der Waals surface area contributed by atoms with Crippen molar-refractivity contribution in [1.82, 2.24) is 30.4 Å². The second-order valence-corrected chi connectivity index (χ2v) is 7.50. The van der Waals surface area contributed by atoms with Gasteiger partial charge in [-0.2, -0.15) is 4.80 Å². The first-order chi connectivity index (χ1) is 13.5. The Morgan fingerprint density at radius 3 is 2.57 bits per heavy atom. The molecule has 0 aliphatic carbocycles. The number of aryl methyl sites for hydroxylation is 1. The van der Waals surface area contributed by atoms with Gasteiger partial charge in [-0.05, 0) is 38.3 Å². The van der Waals surface area contributed by atoms with Crippen LogP contribution in [0.15, 0.2) is 30.3 Å². The standard InChI is InChI=1S/C20H28N6O2/c1-15(2)21-20(28)17-10-13-25(14-11-17)18(27)9-6-12-26-23-19(22-24-26)16-7-4-3-5-8-16/h3-5,7-8,15,17H,6,9-14H2,1-2H3,(H,21,28). The summed E-state index contributed by atoms with van der Waals surface area (Å²) in [5, 5.41) is 15.5. The summed E-state index contributed by atoms with van der Waals surface area (Å²) in [6, 6.07) is 9.85. The zero-order valence-electron chi connectivity index (χ0n) is 16.5. The van der Waals surface area contributed by atoms with Gasteiger partial charge < -0.3 is 10.2 Å². The minimum Gasteiger partial charge on any atom is -0.354 e. The number of hydrogen-bond donors (Lipinski definition) is 1. The van der Waals surface area contributed by atoms with Gasteiger partial charge in [0.1, 0.15) is 0 Å². The molecule has 1 aromatic heterocycles. The van der Waals surface area contributed by atoms with E-state index in [1.54, 1.807) is 0 Å². The van der Waals surface area contributed by atoms with Crippen LogP contribution in [0.3, 0.4) is 0 Å². The zero-order chi connectivity index (χ0) is 19.9. The number of rotatable bonds is 7. The third-order valence-electron chi connectivity index (χ3n) is 4.88. The summed E-state index contributed by atoms with van der Waals surface area (Å²) in [6.07, 6.45) is 2.58. The molecule has 1 fully saturated rings. The molecule has 0 saturated carbocycles. The lowest BCUT2D eigenvalue weighted by molar-refractivity contribution is -0.135. The van der Waals surface area contributed by atoms with E-state index >= 15 is 0 Å². The number of nitrogens with one attached hydrogen (secondary N) is 1. The Bertz CT molecular complexity index is 781.